The van der Waals surface area contributed by atoms with Gasteiger partial charge in [-0.05, 0) is 30.7 Å². The zero-order valence-electron chi connectivity index (χ0n) is 14.5. The Balaban J connectivity index is 2.02. The number of nitrogens with one attached hydrogen (secondary N) is 2. The average molecular weight is 328 g/mol. The molecule has 0 spiro atoms. The summed E-state index contributed by atoms with van der Waals surface area (Å²) in [5.74, 6) is 0.468. The topological polar surface area (TPSA) is 39.7 Å². The van der Waals surface area contributed by atoms with Gasteiger partial charge in [-0.1, -0.05) is 30.3 Å². The van der Waals surface area contributed by atoms with Gasteiger partial charge in [-0.15, -0.1) is 0 Å². The Morgan fingerprint density at radius 3 is 2.58 bits per heavy atom. The highest BCUT2D eigenvalue weighted by Gasteiger charge is 2.03. The van der Waals surface area contributed by atoms with Crippen LogP contribution in [0.4, 0.5) is 10.1 Å². The summed E-state index contributed by atoms with van der Waals surface area (Å²) in [6, 6.07) is 15.0. The first kappa shape index (κ1) is 17.8. The summed E-state index contributed by atoms with van der Waals surface area (Å²) >= 11 is 0. The summed E-state index contributed by atoms with van der Waals surface area (Å²) in [5, 5.41) is 6.36. The molecule has 2 aromatic carbocycles. The third-order valence-electron chi connectivity index (χ3n) is 3.60. The van der Waals surface area contributed by atoms with Crippen LogP contribution in [0.1, 0.15) is 18.1 Å². The van der Waals surface area contributed by atoms with E-state index in [9.17, 15) is 4.39 Å². The van der Waals surface area contributed by atoms with Crippen molar-refractivity contribution in [1.29, 1.82) is 0 Å². The molecule has 0 saturated carbocycles. The fourth-order valence-electron chi connectivity index (χ4n) is 2.27. The number of anilines is 1. The minimum atomic E-state index is -0.209. The molecule has 0 aliphatic carbocycles. The first-order chi connectivity index (χ1) is 11.6. The van der Waals surface area contributed by atoms with Crippen molar-refractivity contribution in [2.24, 2.45) is 4.99 Å². The van der Waals surface area contributed by atoms with Gasteiger partial charge in [0.15, 0.2) is 5.96 Å². The summed E-state index contributed by atoms with van der Waals surface area (Å²) in [6.45, 7) is 3.72. The first-order valence-electron chi connectivity index (χ1n) is 8.12. The van der Waals surface area contributed by atoms with Crippen LogP contribution in [0, 0.1) is 5.82 Å². The molecule has 2 N–H and O–H groups in total. The van der Waals surface area contributed by atoms with Gasteiger partial charge in [0.05, 0.1) is 6.54 Å². The summed E-state index contributed by atoms with van der Waals surface area (Å²) < 4.78 is 13.7. The zero-order valence-corrected chi connectivity index (χ0v) is 14.5. The molecule has 0 aliphatic heterocycles. The van der Waals surface area contributed by atoms with Crippen molar-refractivity contribution in [2.75, 3.05) is 25.5 Å². The molecule has 0 heterocycles. The molecule has 0 aromatic heterocycles. The number of guanidine groups is 1. The van der Waals surface area contributed by atoms with E-state index in [4.69, 9.17) is 0 Å². The Hall–Kier alpha value is -2.56. The van der Waals surface area contributed by atoms with Gasteiger partial charge >= 0.3 is 0 Å². The molecule has 0 atom stereocenters. The highest BCUT2D eigenvalue weighted by atomic mass is 19.1. The number of benzene rings is 2. The molecule has 0 radical (unpaired) electrons. The number of hydrogen-bond donors (Lipinski definition) is 2. The number of nitrogens with zero attached hydrogens (tertiary/aromatic N) is 2. The van der Waals surface area contributed by atoms with Gasteiger partial charge in [0.1, 0.15) is 5.82 Å². The van der Waals surface area contributed by atoms with Gasteiger partial charge < -0.3 is 15.5 Å². The van der Waals surface area contributed by atoms with Crippen LogP contribution in [0.15, 0.2) is 53.5 Å². The Labute approximate surface area is 143 Å². The Bertz CT molecular complexity index is 683. The fourth-order valence-corrected chi connectivity index (χ4v) is 2.27. The van der Waals surface area contributed by atoms with Gasteiger partial charge in [-0.25, -0.2) is 9.38 Å². The van der Waals surface area contributed by atoms with Crippen LogP contribution in [-0.2, 0) is 13.1 Å². The first-order valence-corrected chi connectivity index (χ1v) is 8.12. The molecule has 0 aliphatic rings. The van der Waals surface area contributed by atoms with Crippen molar-refractivity contribution in [3.05, 3.63) is 65.5 Å². The maximum absolute atomic E-state index is 13.7. The molecular weight excluding hydrogens is 303 g/mol. The molecule has 0 fully saturated rings. The Morgan fingerprint density at radius 1 is 1.08 bits per heavy atom. The van der Waals surface area contributed by atoms with Crippen molar-refractivity contribution in [3.8, 4) is 0 Å². The van der Waals surface area contributed by atoms with E-state index >= 15 is 0 Å². The van der Waals surface area contributed by atoms with Crippen molar-refractivity contribution in [3.63, 3.8) is 0 Å². The molecule has 0 unspecified atom stereocenters. The molecule has 24 heavy (non-hydrogen) atoms. The second-order valence-corrected chi connectivity index (χ2v) is 5.70. The largest absolute Gasteiger partial charge is 0.378 e. The Morgan fingerprint density at radius 2 is 1.88 bits per heavy atom. The van der Waals surface area contributed by atoms with Gasteiger partial charge in [-0.2, -0.15) is 0 Å². The number of halogens is 1. The lowest BCUT2D eigenvalue weighted by Crippen LogP contribution is -2.37. The highest BCUT2D eigenvalue weighted by molar-refractivity contribution is 5.79. The van der Waals surface area contributed by atoms with Gasteiger partial charge in [-0.3, -0.25) is 0 Å². The van der Waals surface area contributed by atoms with Gasteiger partial charge in [0.2, 0.25) is 0 Å². The van der Waals surface area contributed by atoms with Crippen LogP contribution in [-0.4, -0.2) is 26.6 Å². The summed E-state index contributed by atoms with van der Waals surface area (Å²) in [7, 11) is 4.03. The summed E-state index contributed by atoms with van der Waals surface area (Å²) in [6.07, 6.45) is 0. The minimum absolute atomic E-state index is 0.209. The van der Waals surface area contributed by atoms with Crippen LogP contribution >= 0.6 is 0 Å². The minimum Gasteiger partial charge on any atom is -0.378 e. The van der Waals surface area contributed by atoms with Crippen LogP contribution in [0.5, 0.6) is 0 Å². The van der Waals surface area contributed by atoms with E-state index in [1.54, 1.807) is 12.1 Å². The number of rotatable bonds is 6. The zero-order chi connectivity index (χ0) is 17.4. The molecule has 128 valence electrons. The third kappa shape index (κ3) is 5.26. The van der Waals surface area contributed by atoms with Crippen molar-refractivity contribution in [1.82, 2.24) is 10.6 Å². The average Bonchev–Trinajstić information content (AvgIpc) is 2.59. The lowest BCUT2D eigenvalue weighted by atomic mass is 10.2. The van der Waals surface area contributed by atoms with Crippen LogP contribution < -0.4 is 15.5 Å². The van der Waals surface area contributed by atoms with Crippen molar-refractivity contribution in [2.45, 2.75) is 20.0 Å². The van der Waals surface area contributed by atoms with Gasteiger partial charge in [0, 0.05) is 38.4 Å². The third-order valence-corrected chi connectivity index (χ3v) is 3.60. The van der Waals surface area contributed by atoms with E-state index in [1.807, 2.05) is 33.2 Å². The van der Waals surface area contributed by atoms with Crippen LogP contribution in [0.2, 0.25) is 0 Å². The fraction of sp³-hybridized carbons (Fsp3) is 0.316. The normalized spacial score (nSPS) is 11.2. The van der Waals surface area contributed by atoms with E-state index in [-0.39, 0.29) is 5.82 Å². The smallest absolute Gasteiger partial charge is 0.191 e. The summed E-state index contributed by atoms with van der Waals surface area (Å²) in [5.41, 5.74) is 2.90. The van der Waals surface area contributed by atoms with E-state index in [0.717, 1.165) is 17.8 Å². The maximum Gasteiger partial charge on any atom is 0.191 e. The van der Waals surface area contributed by atoms with E-state index in [0.29, 0.717) is 24.6 Å². The number of aliphatic imine (C=N–C) groups is 1. The predicted molar refractivity (Wildman–Crippen MR) is 98.8 cm³/mol. The molecule has 5 heteroatoms. The molecule has 0 saturated heterocycles. The quantitative estimate of drug-likeness (QED) is 0.632. The molecule has 4 nitrogen and oxygen atoms in total. The van der Waals surface area contributed by atoms with E-state index < -0.39 is 0 Å². The standard InChI is InChI=1S/C19H25FN4/c1-4-21-19(23-14-16-9-5-6-11-18(16)20)22-13-15-8-7-10-17(12-15)24(2)3/h5-12H,4,13-14H2,1-3H3,(H2,21,22,23). The highest BCUT2D eigenvalue weighted by Crippen LogP contribution is 2.14. The van der Waals surface area contributed by atoms with E-state index in [2.05, 4.69) is 38.7 Å². The van der Waals surface area contributed by atoms with E-state index in [1.165, 1.54) is 6.07 Å². The second kappa shape index (κ2) is 8.91. The predicted octanol–water partition coefficient (Wildman–Crippen LogP) is 3.15. The second-order valence-electron chi connectivity index (χ2n) is 5.70. The molecule has 0 amide bonds. The number of hydrogen-bond acceptors (Lipinski definition) is 2. The van der Waals surface area contributed by atoms with Crippen LogP contribution in [0.25, 0.3) is 0 Å². The summed E-state index contributed by atoms with van der Waals surface area (Å²) in [4.78, 5) is 6.65. The molecule has 2 aromatic rings. The van der Waals surface area contributed by atoms with Crippen LogP contribution in [0.3, 0.4) is 0 Å². The molecular formula is C19H25FN4. The maximum atomic E-state index is 13.7. The Kier molecular flexibility index (Phi) is 6.61. The lowest BCUT2D eigenvalue weighted by Gasteiger charge is -2.14. The molecule has 0 bridgehead atoms. The van der Waals surface area contributed by atoms with Crippen molar-refractivity contribution >= 4 is 11.6 Å². The SMILES string of the molecule is CCNC(=NCc1cccc(N(C)C)c1)NCc1ccccc1F. The van der Waals surface area contributed by atoms with Crippen molar-refractivity contribution < 1.29 is 4.39 Å². The lowest BCUT2D eigenvalue weighted by molar-refractivity contribution is 0.604. The molecule has 2 rings (SSSR count). The van der Waals surface area contributed by atoms with Gasteiger partial charge in [0.25, 0.3) is 0 Å². The monoisotopic (exact) mass is 328 g/mol.